The van der Waals surface area contributed by atoms with Crippen LogP contribution in [0.15, 0.2) is 106 Å². The van der Waals surface area contributed by atoms with Crippen LogP contribution in [0.2, 0.25) is 0 Å². The van der Waals surface area contributed by atoms with E-state index in [2.05, 4.69) is 4.90 Å². The van der Waals surface area contributed by atoms with Crippen molar-refractivity contribution in [3.63, 3.8) is 0 Å². The molecule has 0 saturated carbocycles. The molecule has 2 aromatic carbocycles. The average Bonchev–Trinajstić information content (AvgIpc) is 3.58. The predicted molar refractivity (Wildman–Crippen MR) is 287 cm³/mol. The number of nitrogens with zero attached hydrogens (tertiary/aromatic N) is 1. The fraction of sp³-hybridized carbons (Fsp3) is 0.574. The number of aliphatic carboxylic acids is 1. The summed E-state index contributed by atoms with van der Waals surface area (Å²) < 4.78 is 136. The van der Waals surface area contributed by atoms with Gasteiger partial charge in [0.1, 0.15) is 0 Å². The maximum atomic E-state index is 12.4. The van der Waals surface area contributed by atoms with Gasteiger partial charge in [0.05, 0.1) is 81.6 Å². The number of carboxylic acid groups (broad SMARTS) is 1. The number of methoxy groups -OCH3 is 1. The molecular weight excluding hydrogens is 1030 g/mol. The Balaban J connectivity index is 1.51. The zero-order valence-corrected chi connectivity index (χ0v) is 46.4. The molecule has 0 radical (unpaired) electrons. The molecule has 1 heterocycles. The van der Waals surface area contributed by atoms with Gasteiger partial charge in [0.25, 0.3) is 30.4 Å². The number of ether oxygens (including phenoxy) is 6. The maximum Gasteiger partial charge on any atom is 0.303 e. The first-order chi connectivity index (χ1) is 35.7. The Bertz CT molecular complexity index is 2640. The van der Waals surface area contributed by atoms with E-state index in [0.29, 0.717) is 110 Å². The molecule has 1 aliphatic heterocycles. The van der Waals surface area contributed by atoms with E-state index in [1.54, 1.807) is 19.2 Å². The highest BCUT2D eigenvalue weighted by Gasteiger charge is 2.43. The summed E-state index contributed by atoms with van der Waals surface area (Å²) in [5.41, 5.74) is 4.29. The van der Waals surface area contributed by atoms with Gasteiger partial charge >= 0.3 is 5.97 Å². The maximum absolute atomic E-state index is 12.4. The van der Waals surface area contributed by atoms with Crippen molar-refractivity contribution >= 4 is 42.0 Å². The molecule has 0 amide bonds. The number of carbonyl (C=O) groups is 1. The fourth-order valence-electron chi connectivity index (χ4n) is 9.66. The lowest BCUT2D eigenvalue weighted by Gasteiger charge is -2.40. The van der Waals surface area contributed by atoms with E-state index in [1.165, 1.54) is 24.3 Å². The Morgan fingerprint density at radius 1 is 0.627 bits per heavy atom. The van der Waals surface area contributed by atoms with Crippen LogP contribution in [0.25, 0.3) is 0 Å². The highest BCUT2D eigenvalue weighted by Crippen LogP contribution is 2.51. The van der Waals surface area contributed by atoms with Crippen LogP contribution in [-0.4, -0.2) is 142 Å². The molecule has 4 rings (SSSR count). The summed E-state index contributed by atoms with van der Waals surface area (Å²) in [7, 11) is -11.7. The van der Waals surface area contributed by atoms with Crippen molar-refractivity contribution in [3.05, 3.63) is 112 Å². The minimum Gasteiger partial charge on any atom is -0.481 e. The number of unbranched alkanes of at least 4 members (excludes halogenated alkanes) is 5. The number of hydrogen-bond acceptors (Lipinski definition) is 14. The largest absolute Gasteiger partial charge is 0.481 e. The van der Waals surface area contributed by atoms with Crippen LogP contribution in [0.5, 0.6) is 0 Å². The van der Waals surface area contributed by atoms with Crippen LogP contribution >= 0.6 is 0 Å². The molecule has 75 heavy (non-hydrogen) atoms. The Morgan fingerprint density at radius 3 is 1.71 bits per heavy atom. The minimum atomic E-state index is -4.57. The second-order valence-corrected chi connectivity index (χ2v) is 23.4. The highest BCUT2D eigenvalue weighted by molar-refractivity contribution is 7.86. The van der Waals surface area contributed by atoms with Gasteiger partial charge < -0.3 is 38.4 Å². The molecule has 21 heteroatoms. The monoisotopic (exact) mass is 1110 g/mol. The van der Waals surface area contributed by atoms with Gasteiger partial charge in [-0.2, -0.15) is 25.3 Å². The quantitative estimate of drug-likeness (QED) is 0.0279. The summed E-state index contributed by atoms with van der Waals surface area (Å²) in [6.45, 7) is 11.2. The topological polar surface area (TPSA) is 259 Å². The molecule has 0 aromatic heterocycles. The number of hydrogen-bond donors (Lipinski definition) is 4. The van der Waals surface area contributed by atoms with Crippen LogP contribution in [0.1, 0.15) is 108 Å². The summed E-state index contributed by atoms with van der Waals surface area (Å²) >= 11 is 0. The van der Waals surface area contributed by atoms with E-state index >= 15 is 0 Å². The van der Waals surface area contributed by atoms with E-state index in [-0.39, 0.29) is 29.1 Å². The van der Waals surface area contributed by atoms with Crippen LogP contribution < -0.4 is 4.90 Å². The van der Waals surface area contributed by atoms with Crippen LogP contribution in [0, 0.1) is 0 Å². The number of carboxylic acids is 1. The van der Waals surface area contributed by atoms with E-state index in [9.17, 15) is 43.7 Å². The van der Waals surface area contributed by atoms with Crippen LogP contribution in [0.3, 0.4) is 0 Å². The fourth-order valence-corrected chi connectivity index (χ4v) is 11.2. The van der Waals surface area contributed by atoms with Crippen molar-refractivity contribution in [3.8, 4) is 0 Å². The van der Waals surface area contributed by atoms with Crippen molar-refractivity contribution in [1.82, 2.24) is 0 Å². The number of anilines is 1. The van der Waals surface area contributed by atoms with Gasteiger partial charge in [-0.15, -0.1) is 0 Å². The van der Waals surface area contributed by atoms with Crippen LogP contribution in [-0.2, 0) is 80.8 Å². The second-order valence-electron chi connectivity index (χ2n) is 18.9. The Kier molecular flexibility index (Phi) is 26.5. The van der Waals surface area contributed by atoms with Gasteiger partial charge in [-0.05, 0) is 117 Å². The molecule has 2 atom stereocenters. The van der Waals surface area contributed by atoms with Crippen molar-refractivity contribution in [1.29, 1.82) is 0 Å². The molecule has 18 nitrogen and oxygen atoms in total. The molecule has 2 aliphatic rings. The summed E-state index contributed by atoms with van der Waals surface area (Å²) in [5, 5.41) is 8.98. The number of fused-ring (bicyclic) bond motifs is 2. The highest BCUT2D eigenvalue weighted by atomic mass is 32.2. The van der Waals surface area contributed by atoms with Gasteiger partial charge in [0.15, 0.2) is 0 Å². The lowest BCUT2D eigenvalue weighted by molar-refractivity contribution is -0.137. The lowest BCUT2D eigenvalue weighted by Crippen LogP contribution is -2.32. The van der Waals surface area contributed by atoms with E-state index in [4.69, 9.17) is 33.5 Å². The zero-order chi connectivity index (χ0) is 55.0. The zero-order valence-electron chi connectivity index (χ0n) is 44.0. The normalized spacial score (nSPS) is 18.9. The molecule has 2 aromatic rings. The average molecular weight is 1110 g/mol. The smallest absolute Gasteiger partial charge is 0.303 e. The predicted octanol–water partition coefficient (Wildman–Crippen LogP) is 8.63. The standard InChI is InChI=1S/C54H79NO17S3/c1-5-55-50-25-24-46(75(64,65)66)42-49(50)54(3,27-28-68-31-32-70-35-36-72-38-37-71-34-33-69-30-29-67-4)51(55)20-15-11-8-10-14-19-47-43(18-13-9-6-7-12-16-21-52(56)57)40-44-22-23-45(74(61,62)63)41-48(44)53(47,2)26-17-39-73(58,59)60/h8,10-11,14-15,19-20,22-25,41-42H,5-7,9,12-13,16-18,21,26-40H2,1-4H3,(H,56,57)(H,58,59,60)(H,61,62,63)(H,64,65,66)/b10-8+,15-11+,19-14+,51-20+. The first kappa shape index (κ1) is 63.4. The molecule has 0 fully saturated rings. The minimum absolute atomic E-state index is 0.0791. The van der Waals surface area contributed by atoms with Gasteiger partial charge in [-0.3, -0.25) is 18.5 Å². The summed E-state index contributed by atoms with van der Waals surface area (Å²) in [5.74, 6) is -1.30. The van der Waals surface area contributed by atoms with E-state index < -0.39 is 52.9 Å². The van der Waals surface area contributed by atoms with Gasteiger partial charge in [0, 0.05) is 48.9 Å². The summed E-state index contributed by atoms with van der Waals surface area (Å²) in [6.07, 6.45) is 20.4. The number of benzene rings is 2. The van der Waals surface area contributed by atoms with E-state index in [0.717, 1.165) is 65.8 Å². The SMILES string of the molecule is CCN1/C(=C/C=C/C=C/C=C/C2=C(CCCCCCCCC(=O)O)Cc3ccc(S(=O)(=O)O)cc3C2(C)CCCS(=O)(=O)O)C(C)(CCOCCOCCOCCOCCOCCOC)c2cc(S(=O)(=O)O)ccc21. The molecule has 0 saturated heterocycles. The molecule has 1 aliphatic carbocycles. The third-order valence-corrected chi connectivity index (χ3v) is 16.0. The molecule has 0 spiro atoms. The van der Waals surface area contributed by atoms with Gasteiger partial charge in [0.2, 0.25) is 0 Å². The third kappa shape index (κ3) is 20.7. The lowest BCUT2D eigenvalue weighted by atomic mass is 9.64. The molecule has 4 N–H and O–H groups in total. The second kappa shape index (κ2) is 31.3. The van der Waals surface area contributed by atoms with Crippen molar-refractivity contribution in [2.24, 2.45) is 0 Å². The summed E-state index contributed by atoms with van der Waals surface area (Å²) in [6, 6.07) is 9.12. The molecule has 420 valence electrons. The van der Waals surface area contributed by atoms with Gasteiger partial charge in [-0.25, -0.2) is 0 Å². The van der Waals surface area contributed by atoms with Crippen LogP contribution in [0.4, 0.5) is 5.69 Å². The molecule has 2 unspecified atom stereocenters. The number of rotatable bonds is 38. The van der Waals surface area contributed by atoms with Crippen molar-refractivity contribution in [2.75, 3.05) is 97.0 Å². The number of allylic oxidation sites excluding steroid dienone is 10. The first-order valence-electron chi connectivity index (χ1n) is 25.7. The Morgan fingerprint density at radius 2 is 1.15 bits per heavy atom. The number of likely N-dealkylation sites (N-methyl/N-ethyl adjacent to an activating group) is 1. The molecular formula is C54H79NO17S3. The van der Waals surface area contributed by atoms with E-state index in [1.807, 2.05) is 63.3 Å². The molecule has 0 bridgehead atoms. The van der Waals surface area contributed by atoms with Crippen molar-refractivity contribution < 1.29 is 77.2 Å². The first-order valence-corrected chi connectivity index (χ1v) is 30.1. The Hall–Kier alpha value is -4.10. The summed E-state index contributed by atoms with van der Waals surface area (Å²) in [4.78, 5) is 12.6. The van der Waals surface area contributed by atoms with Gasteiger partial charge in [-0.1, -0.05) is 80.7 Å². The third-order valence-electron chi connectivity index (χ3n) is 13.5. The Labute approximate surface area is 445 Å². The van der Waals surface area contributed by atoms with Crippen molar-refractivity contribution in [2.45, 2.75) is 118 Å².